The van der Waals surface area contributed by atoms with Crippen LogP contribution in [0.3, 0.4) is 0 Å². The van der Waals surface area contributed by atoms with Crippen LogP contribution in [0.15, 0.2) is 48.5 Å². The minimum atomic E-state index is -4.55. The Labute approximate surface area is 231 Å². The molecule has 2 N–H and O–H groups in total. The number of methoxy groups -OCH3 is 1. The summed E-state index contributed by atoms with van der Waals surface area (Å²) in [6, 6.07) is 9.65. The molecule has 2 aliphatic heterocycles. The number of halogens is 3. The summed E-state index contributed by atoms with van der Waals surface area (Å²) in [6.45, 7) is 6.17. The minimum Gasteiger partial charge on any atom is -0.496 e. The molecule has 0 saturated carbocycles. The molecule has 218 valence electrons. The number of rotatable bonds is 7. The summed E-state index contributed by atoms with van der Waals surface area (Å²) in [5.74, 6) is -2.04. The fraction of sp³-hybridized carbons (Fsp3) is 0.517. The SMILES string of the molecule is COc1ccc(C(F)(F)F)cc1CN[C@@H]1[C@@H](C(C)(C)C)[C@H](C(=O)O)N(C(=O)C2COCCO2)[C@@H]1c1ccccc1. The van der Waals surface area contributed by atoms with Gasteiger partial charge in [-0.3, -0.25) is 4.79 Å². The number of amides is 1. The van der Waals surface area contributed by atoms with Gasteiger partial charge in [-0.15, -0.1) is 0 Å². The lowest BCUT2D eigenvalue weighted by molar-refractivity contribution is -0.167. The molecule has 2 saturated heterocycles. The Kier molecular flexibility index (Phi) is 8.77. The van der Waals surface area contributed by atoms with Crippen molar-refractivity contribution in [3.63, 3.8) is 0 Å². The molecule has 0 spiro atoms. The first-order valence-electron chi connectivity index (χ1n) is 13.1. The predicted molar refractivity (Wildman–Crippen MR) is 140 cm³/mol. The molecule has 2 heterocycles. The number of alkyl halides is 3. The topological polar surface area (TPSA) is 97.3 Å². The Morgan fingerprint density at radius 2 is 1.80 bits per heavy atom. The highest BCUT2D eigenvalue weighted by molar-refractivity contribution is 5.88. The van der Waals surface area contributed by atoms with Gasteiger partial charge in [0.2, 0.25) is 0 Å². The van der Waals surface area contributed by atoms with E-state index < -0.39 is 59.2 Å². The minimum absolute atomic E-state index is 0.00287. The molecule has 1 amide bonds. The Morgan fingerprint density at radius 1 is 1.10 bits per heavy atom. The van der Waals surface area contributed by atoms with Gasteiger partial charge >= 0.3 is 12.1 Å². The molecule has 8 nitrogen and oxygen atoms in total. The van der Waals surface area contributed by atoms with E-state index in [1.807, 2.05) is 39.0 Å². The van der Waals surface area contributed by atoms with E-state index in [2.05, 4.69) is 5.32 Å². The molecule has 4 rings (SSSR count). The van der Waals surface area contributed by atoms with Crippen molar-refractivity contribution in [2.45, 2.75) is 57.7 Å². The molecule has 0 aliphatic carbocycles. The van der Waals surface area contributed by atoms with E-state index in [1.165, 1.54) is 18.1 Å². The van der Waals surface area contributed by atoms with Gasteiger partial charge in [-0.1, -0.05) is 51.1 Å². The number of nitrogens with zero attached hydrogens (tertiary/aromatic N) is 1. The number of likely N-dealkylation sites (tertiary alicyclic amines) is 1. The summed E-state index contributed by atoms with van der Waals surface area (Å²) in [5.41, 5.74) is -0.486. The molecular formula is C29H35F3N2O6. The first-order chi connectivity index (χ1) is 18.8. The van der Waals surface area contributed by atoms with E-state index in [1.54, 1.807) is 12.1 Å². The average Bonchev–Trinajstić information content (AvgIpc) is 3.28. The van der Waals surface area contributed by atoms with Crippen molar-refractivity contribution in [1.82, 2.24) is 10.2 Å². The molecular weight excluding hydrogens is 529 g/mol. The number of carboxylic acids is 1. The monoisotopic (exact) mass is 564 g/mol. The third kappa shape index (κ3) is 6.11. The number of hydrogen-bond donors (Lipinski definition) is 2. The van der Waals surface area contributed by atoms with Gasteiger partial charge in [0.15, 0.2) is 6.10 Å². The van der Waals surface area contributed by atoms with Crippen molar-refractivity contribution in [3.05, 3.63) is 65.2 Å². The molecule has 2 aliphatic rings. The largest absolute Gasteiger partial charge is 0.496 e. The van der Waals surface area contributed by atoms with Gasteiger partial charge in [-0.25, -0.2) is 4.79 Å². The summed E-state index contributed by atoms with van der Waals surface area (Å²) in [7, 11) is 1.37. The van der Waals surface area contributed by atoms with Crippen LogP contribution < -0.4 is 10.1 Å². The number of carbonyl (C=O) groups excluding carboxylic acids is 1. The van der Waals surface area contributed by atoms with Crippen LogP contribution in [0.5, 0.6) is 5.75 Å². The van der Waals surface area contributed by atoms with Gasteiger partial charge in [-0.05, 0) is 29.2 Å². The van der Waals surface area contributed by atoms with E-state index >= 15 is 0 Å². The number of benzene rings is 2. The predicted octanol–water partition coefficient (Wildman–Crippen LogP) is 4.29. The number of carbonyl (C=O) groups is 2. The quantitative estimate of drug-likeness (QED) is 0.518. The number of hydrogen-bond acceptors (Lipinski definition) is 6. The molecule has 0 aromatic heterocycles. The van der Waals surface area contributed by atoms with E-state index in [0.717, 1.165) is 12.1 Å². The lowest BCUT2D eigenvalue weighted by Crippen LogP contribution is -2.52. The van der Waals surface area contributed by atoms with Crippen LogP contribution in [0.25, 0.3) is 0 Å². The molecule has 5 atom stereocenters. The zero-order chi connectivity index (χ0) is 29.2. The second-order valence-electron chi connectivity index (χ2n) is 11.1. The fourth-order valence-corrected chi connectivity index (χ4v) is 5.85. The van der Waals surface area contributed by atoms with Crippen LogP contribution in [0.2, 0.25) is 0 Å². The van der Waals surface area contributed by atoms with Crippen LogP contribution in [-0.2, 0) is 31.8 Å². The average molecular weight is 565 g/mol. The molecule has 0 radical (unpaired) electrons. The fourth-order valence-electron chi connectivity index (χ4n) is 5.85. The van der Waals surface area contributed by atoms with Crippen molar-refractivity contribution in [2.75, 3.05) is 26.9 Å². The maximum Gasteiger partial charge on any atom is 0.416 e. The molecule has 40 heavy (non-hydrogen) atoms. The van der Waals surface area contributed by atoms with Gasteiger partial charge in [0.05, 0.1) is 38.5 Å². The molecule has 1 unspecified atom stereocenters. The number of aliphatic carboxylic acids is 1. The molecule has 2 aromatic carbocycles. The van der Waals surface area contributed by atoms with E-state index in [9.17, 15) is 27.9 Å². The third-order valence-corrected chi connectivity index (χ3v) is 7.54. The Morgan fingerprint density at radius 3 is 2.35 bits per heavy atom. The van der Waals surface area contributed by atoms with E-state index in [-0.39, 0.29) is 31.1 Å². The number of ether oxygens (including phenoxy) is 3. The van der Waals surface area contributed by atoms with E-state index in [4.69, 9.17) is 14.2 Å². The van der Waals surface area contributed by atoms with Gasteiger partial charge in [-0.2, -0.15) is 13.2 Å². The van der Waals surface area contributed by atoms with Crippen LogP contribution in [0.4, 0.5) is 13.2 Å². The maximum atomic E-state index is 13.9. The summed E-state index contributed by atoms with van der Waals surface area (Å²) in [4.78, 5) is 28.2. The van der Waals surface area contributed by atoms with Crippen LogP contribution >= 0.6 is 0 Å². The van der Waals surface area contributed by atoms with Crippen LogP contribution in [0, 0.1) is 11.3 Å². The molecule has 2 aromatic rings. The van der Waals surface area contributed by atoms with Crippen molar-refractivity contribution < 1.29 is 42.1 Å². The first-order valence-corrected chi connectivity index (χ1v) is 13.1. The van der Waals surface area contributed by atoms with Gasteiger partial charge in [0.25, 0.3) is 5.91 Å². The summed E-state index contributed by atoms with van der Waals surface area (Å²) >= 11 is 0. The standard InChI is InChI=1S/C29H35F3N2O6/c1-28(2,3)22-23(33-15-18-14-19(29(30,31)32)10-11-20(18)38-4)24(17-8-6-5-7-9-17)34(25(22)27(36)37)26(35)21-16-39-12-13-40-21/h5-11,14,21-25,33H,12-13,15-16H2,1-4H3,(H,36,37)/t21?,22-,23-,24-,25-/m1/s1. The van der Waals surface area contributed by atoms with Crippen LogP contribution in [-0.4, -0.2) is 67.0 Å². The lowest BCUT2D eigenvalue weighted by atomic mass is 9.72. The smallest absolute Gasteiger partial charge is 0.416 e. The molecule has 2 fully saturated rings. The van der Waals surface area contributed by atoms with Crippen molar-refractivity contribution in [3.8, 4) is 5.75 Å². The normalized spacial score (nSPS) is 25.6. The summed E-state index contributed by atoms with van der Waals surface area (Å²) < 4.78 is 57.0. The van der Waals surface area contributed by atoms with Crippen molar-refractivity contribution in [2.24, 2.45) is 11.3 Å². The maximum absolute atomic E-state index is 13.9. The van der Waals surface area contributed by atoms with Crippen molar-refractivity contribution >= 4 is 11.9 Å². The highest BCUT2D eigenvalue weighted by Gasteiger charge is 2.58. The van der Waals surface area contributed by atoms with E-state index in [0.29, 0.717) is 12.2 Å². The van der Waals surface area contributed by atoms with Gasteiger partial charge < -0.3 is 29.5 Å². The zero-order valence-corrected chi connectivity index (χ0v) is 22.9. The lowest BCUT2D eigenvalue weighted by Gasteiger charge is -2.36. The second kappa shape index (κ2) is 11.8. The van der Waals surface area contributed by atoms with Gasteiger partial charge in [0, 0.05) is 24.1 Å². The highest BCUT2D eigenvalue weighted by Crippen LogP contribution is 2.48. The zero-order valence-electron chi connectivity index (χ0n) is 22.9. The van der Waals surface area contributed by atoms with Gasteiger partial charge in [0.1, 0.15) is 11.8 Å². The van der Waals surface area contributed by atoms with Crippen molar-refractivity contribution in [1.29, 1.82) is 0 Å². The molecule has 0 bridgehead atoms. The number of carboxylic acid groups (broad SMARTS) is 1. The third-order valence-electron chi connectivity index (χ3n) is 7.54. The number of nitrogens with one attached hydrogen (secondary N) is 1. The summed E-state index contributed by atoms with van der Waals surface area (Å²) in [5, 5.41) is 13.9. The Hall–Kier alpha value is -3.15. The molecule has 11 heteroatoms. The first kappa shape index (κ1) is 29.8. The Bertz CT molecular complexity index is 1190. The van der Waals surface area contributed by atoms with Crippen LogP contribution in [0.1, 0.15) is 43.5 Å². The Balaban J connectivity index is 1.81. The highest BCUT2D eigenvalue weighted by atomic mass is 19.4. The summed E-state index contributed by atoms with van der Waals surface area (Å²) in [6.07, 6.45) is -5.51. The second-order valence-corrected chi connectivity index (χ2v) is 11.1.